The van der Waals surface area contributed by atoms with Crippen molar-refractivity contribution in [2.75, 3.05) is 6.61 Å². The first kappa shape index (κ1) is 11.8. The van der Waals surface area contributed by atoms with Gasteiger partial charge in [0.05, 0.1) is 0 Å². The topological polar surface area (TPSA) is 57.2 Å². The molecule has 0 saturated carbocycles. The van der Waals surface area contributed by atoms with Crippen molar-refractivity contribution in [1.82, 2.24) is 0 Å². The van der Waals surface area contributed by atoms with E-state index >= 15 is 0 Å². The van der Waals surface area contributed by atoms with Crippen LogP contribution < -0.4 is 37.6 Å². The predicted molar refractivity (Wildman–Crippen MR) is 67.4 cm³/mol. The minimum atomic E-state index is -0.676. The first-order valence-corrected chi connectivity index (χ1v) is 8.35. The fourth-order valence-electron chi connectivity index (χ4n) is 3.06. The molecule has 0 aromatic heterocycles. The van der Waals surface area contributed by atoms with E-state index in [0.29, 0.717) is 12.4 Å². The van der Waals surface area contributed by atoms with Gasteiger partial charge in [0.25, 0.3) is 0 Å². The third-order valence-corrected chi connectivity index (χ3v) is 5.35. The van der Waals surface area contributed by atoms with Crippen LogP contribution >= 0.6 is 0 Å². The second-order valence-corrected chi connectivity index (χ2v) is 6.47. The average Bonchev–Trinajstić information content (AvgIpc) is 3.07. The molecule has 108 valence electrons. The Kier molecular flexibility index (Phi) is 2.30. The van der Waals surface area contributed by atoms with Crippen LogP contribution in [0.1, 0.15) is 23.1 Å². The maximum atomic E-state index is 9.56. The number of phenolic OH excluding ortho intramolecular Hbond substituents is 1. The van der Waals surface area contributed by atoms with Crippen molar-refractivity contribution < 1.29 is 42.7 Å². The van der Waals surface area contributed by atoms with Crippen LogP contribution in [0, 0.1) is 0 Å². The van der Waals surface area contributed by atoms with Crippen molar-refractivity contribution in [3.05, 3.63) is 41.5 Å². The summed E-state index contributed by atoms with van der Waals surface area (Å²) in [4.78, 5) is 0. The Morgan fingerprint density at radius 3 is 2.71 bits per heavy atom. The number of hydrogen-bond acceptors (Lipinski definition) is 5. The van der Waals surface area contributed by atoms with E-state index in [1.165, 1.54) is 0 Å². The fourth-order valence-corrected chi connectivity index (χ4v) is 4.22. The number of phenols is 1. The molecule has 0 radical (unpaired) electrons. The van der Waals surface area contributed by atoms with Crippen LogP contribution in [0.5, 0.6) is 28.7 Å². The van der Waals surface area contributed by atoms with E-state index in [9.17, 15) is 5.11 Å². The number of ether oxygens (including phenoxy) is 2. The van der Waals surface area contributed by atoms with Crippen LogP contribution in [0.4, 0.5) is 0 Å². The number of fused-ring (bicyclic) bond motifs is 6. The van der Waals surface area contributed by atoms with Gasteiger partial charge in [-0.25, -0.2) is 0 Å². The molecule has 0 bridgehead atoms. The summed E-state index contributed by atoms with van der Waals surface area (Å²) in [5, 5.41) is 9.56. The summed E-state index contributed by atoms with van der Waals surface area (Å²) in [7, 11) is 0. The first-order chi connectivity index (χ1) is 10.3. The second-order valence-electron chi connectivity index (χ2n) is 5.23. The summed E-state index contributed by atoms with van der Waals surface area (Å²) in [6.45, 7) is 0.531. The molecule has 0 spiro atoms. The monoisotopic (exact) mass is 397 g/mol. The number of hydrogen-bond donors (Lipinski definition) is 1. The molecule has 1 N–H and O–H groups in total. The van der Waals surface area contributed by atoms with E-state index in [-0.39, 0.29) is 17.8 Å². The van der Waals surface area contributed by atoms with E-state index in [1.54, 1.807) is 12.1 Å². The van der Waals surface area contributed by atoms with Gasteiger partial charge in [0.2, 0.25) is 0 Å². The molecule has 3 aliphatic heterocycles. The van der Waals surface area contributed by atoms with Crippen LogP contribution in [-0.2, 0) is 0 Å². The van der Waals surface area contributed by atoms with Crippen LogP contribution in [0.15, 0.2) is 30.3 Å². The number of aromatic hydroxyl groups is 1. The molecule has 0 amide bonds. The Bertz CT molecular complexity index is 760. The van der Waals surface area contributed by atoms with Gasteiger partial charge in [-0.1, -0.05) is 0 Å². The van der Waals surface area contributed by atoms with Crippen molar-refractivity contribution >= 4 is 0 Å². The molecular formula is C15H10IO5-. The summed E-state index contributed by atoms with van der Waals surface area (Å²) < 4.78 is 23.0. The van der Waals surface area contributed by atoms with Crippen LogP contribution in [0.2, 0.25) is 0 Å². The van der Waals surface area contributed by atoms with Crippen molar-refractivity contribution in [2.24, 2.45) is 0 Å². The number of halogens is 1. The summed E-state index contributed by atoms with van der Waals surface area (Å²) in [6, 6.07) is 9.08. The molecule has 2 aromatic rings. The summed E-state index contributed by atoms with van der Waals surface area (Å²) in [5.74, 6) is 3.45. The summed E-state index contributed by atoms with van der Waals surface area (Å²) in [6.07, 6.45) is -0.0819. The predicted octanol–water partition coefficient (Wildman–Crippen LogP) is -0.308. The zero-order chi connectivity index (χ0) is 14.0. The van der Waals surface area contributed by atoms with Crippen LogP contribution in [-0.4, -0.2) is 11.7 Å². The van der Waals surface area contributed by atoms with Crippen molar-refractivity contribution in [3.63, 3.8) is 0 Å². The molecule has 3 aliphatic rings. The maximum absolute atomic E-state index is 9.56. The van der Waals surface area contributed by atoms with E-state index < -0.39 is 22.0 Å². The van der Waals surface area contributed by atoms with Crippen molar-refractivity contribution in [2.45, 2.75) is 12.0 Å². The molecule has 3 heterocycles. The summed E-state index contributed by atoms with van der Waals surface area (Å²) >= 11 is -0.676. The van der Waals surface area contributed by atoms with Crippen molar-refractivity contribution in [3.8, 4) is 28.7 Å². The Morgan fingerprint density at radius 1 is 0.952 bits per heavy atom. The molecule has 21 heavy (non-hydrogen) atoms. The van der Waals surface area contributed by atoms with E-state index in [0.717, 1.165) is 28.4 Å². The fraction of sp³-hybridized carbons (Fsp3) is 0.200. The van der Waals surface area contributed by atoms with Gasteiger partial charge in [0.15, 0.2) is 0 Å². The van der Waals surface area contributed by atoms with E-state index in [2.05, 4.69) is 0 Å². The second kappa shape index (κ2) is 4.09. The molecule has 2 unspecified atom stereocenters. The average molecular weight is 397 g/mol. The standard InChI is InChI=1S/C15H10IO5/c17-7-1-2-8-11(3-7)18-6-10-9-4-13-14(21-16-20-13)5-12(9)19-15(8)10/h1-5,10,15,17H,6H2/q-1. The molecule has 5 rings (SSSR count). The number of benzene rings is 2. The SMILES string of the molecule is Oc1ccc2c(c1)OCC1c3cc4c(cc3OC21)O[I-]O4. The van der Waals surface area contributed by atoms with Gasteiger partial charge in [-0.05, 0) is 0 Å². The molecule has 5 nitrogen and oxygen atoms in total. The van der Waals surface area contributed by atoms with E-state index in [1.807, 2.05) is 18.2 Å². The van der Waals surface area contributed by atoms with Gasteiger partial charge in [-0.3, -0.25) is 0 Å². The molecule has 0 aliphatic carbocycles. The zero-order valence-corrected chi connectivity index (χ0v) is 12.9. The van der Waals surface area contributed by atoms with Crippen molar-refractivity contribution in [1.29, 1.82) is 0 Å². The third kappa shape index (κ3) is 1.62. The summed E-state index contributed by atoms with van der Waals surface area (Å²) in [5.41, 5.74) is 2.07. The van der Waals surface area contributed by atoms with Crippen LogP contribution in [0.25, 0.3) is 0 Å². The van der Waals surface area contributed by atoms with Gasteiger partial charge >= 0.3 is 132 Å². The van der Waals surface area contributed by atoms with Gasteiger partial charge < -0.3 is 0 Å². The Balaban J connectivity index is 1.62. The Labute approximate surface area is 131 Å². The van der Waals surface area contributed by atoms with Crippen LogP contribution in [0.3, 0.4) is 0 Å². The van der Waals surface area contributed by atoms with Gasteiger partial charge in [-0.2, -0.15) is 0 Å². The molecule has 6 heteroatoms. The molecule has 2 atom stereocenters. The normalized spacial score (nSPS) is 24.0. The number of rotatable bonds is 0. The Morgan fingerprint density at radius 2 is 1.81 bits per heavy atom. The molecule has 0 saturated heterocycles. The molecule has 0 fully saturated rings. The minimum absolute atomic E-state index is 0.0819. The zero-order valence-electron chi connectivity index (χ0n) is 10.7. The Hall–Kier alpha value is -1.83. The van der Waals surface area contributed by atoms with Gasteiger partial charge in [-0.15, -0.1) is 0 Å². The van der Waals surface area contributed by atoms with Gasteiger partial charge in [0, 0.05) is 0 Å². The molecular weight excluding hydrogens is 387 g/mol. The quantitative estimate of drug-likeness (QED) is 0.619. The first-order valence-electron chi connectivity index (χ1n) is 6.58. The van der Waals surface area contributed by atoms with E-state index in [4.69, 9.17) is 15.6 Å². The molecule has 2 aromatic carbocycles. The third-order valence-electron chi connectivity index (χ3n) is 4.05. The van der Waals surface area contributed by atoms with Gasteiger partial charge in [0.1, 0.15) is 0 Å².